The molecule has 0 bridgehead atoms. The smallest absolute Gasteiger partial charge is 0.339 e. The van der Waals surface area contributed by atoms with E-state index in [2.05, 4.69) is 5.32 Å². The molecule has 0 radical (unpaired) electrons. The van der Waals surface area contributed by atoms with Gasteiger partial charge in [-0.3, -0.25) is 4.79 Å². The van der Waals surface area contributed by atoms with E-state index in [1.165, 1.54) is 13.0 Å². The molecule has 0 aliphatic heterocycles. The van der Waals surface area contributed by atoms with E-state index >= 15 is 0 Å². The fourth-order valence-corrected chi connectivity index (χ4v) is 1.31. The molecular weight excluding hydrogens is 222 g/mol. The Kier molecular flexibility index (Phi) is 4.51. The number of nitrogens with one attached hydrogen (secondary N) is 1. The number of carboxylic acids is 1. The Labute approximate surface area is 99.4 Å². The third-order valence-corrected chi connectivity index (χ3v) is 2.10. The predicted molar refractivity (Wildman–Crippen MR) is 62.3 cm³/mol. The molecule has 0 aliphatic rings. The van der Waals surface area contributed by atoms with Gasteiger partial charge in [-0.05, 0) is 24.6 Å². The summed E-state index contributed by atoms with van der Waals surface area (Å²) in [5.41, 5.74) is 1.04. The van der Waals surface area contributed by atoms with Gasteiger partial charge in [0.15, 0.2) is 0 Å². The molecule has 1 aromatic rings. The fraction of sp³-hybridized carbons (Fsp3) is 0.333. The van der Waals surface area contributed by atoms with Gasteiger partial charge >= 0.3 is 5.97 Å². The first-order chi connectivity index (χ1) is 8.00. The van der Waals surface area contributed by atoms with Crippen LogP contribution in [0.3, 0.4) is 0 Å². The minimum absolute atomic E-state index is 0.124. The lowest BCUT2D eigenvalue weighted by atomic mass is 10.1. The molecule has 0 aromatic heterocycles. The van der Waals surface area contributed by atoms with Crippen LogP contribution in [0.5, 0.6) is 5.75 Å². The van der Waals surface area contributed by atoms with Crippen LogP contribution in [0, 0.1) is 6.92 Å². The minimum atomic E-state index is -1.03. The third kappa shape index (κ3) is 4.14. The number of rotatable bonds is 5. The molecule has 17 heavy (non-hydrogen) atoms. The minimum Gasteiger partial charge on any atom is -0.491 e. The molecular formula is C12H15NO4. The second kappa shape index (κ2) is 5.89. The molecule has 0 saturated carbocycles. The lowest BCUT2D eigenvalue weighted by Crippen LogP contribution is -2.25. The van der Waals surface area contributed by atoms with Crippen LogP contribution in [0.4, 0.5) is 0 Å². The van der Waals surface area contributed by atoms with Gasteiger partial charge in [0.05, 0.1) is 6.54 Å². The van der Waals surface area contributed by atoms with Crippen molar-refractivity contribution >= 4 is 11.9 Å². The Balaban J connectivity index is 2.65. The highest BCUT2D eigenvalue weighted by molar-refractivity contribution is 5.90. The van der Waals surface area contributed by atoms with Crippen LogP contribution in [0.15, 0.2) is 18.2 Å². The van der Waals surface area contributed by atoms with Crippen molar-refractivity contribution < 1.29 is 19.4 Å². The fourth-order valence-electron chi connectivity index (χ4n) is 1.31. The van der Waals surface area contributed by atoms with Gasteiger partial charge in [-0.2, -0.15) is 0 Å². The highest BCUT2D eigenvalue weighted by atomic mass is 16.5. The van der Waals surface area contributed by atoms with Crippen LogP contribution in [0.1, 0.15) is 22.8 Å². The zero-order valence-electron chi connectivity index (χ0n) is 9.82. The highest BCUT2D eigenvalue weighted by Gasteiger charge is 2.10. The van der Waals surface area contributed by atoms with Gasteiger partial charge in [0.1, 0.15) is 17.9 Å². The average Bonchev–Trinajstić information content (AvgIpc) is 2.23. The van der Waals surface area contributed by atoms with E-state index in [-0.39, 0.29) is 18.1 Å². The second-order valence-electron chi connectivity index (χ2n) is 3.64. The highest BCUT2D eigenvalue weighted by Crippen LogP contribution is 2.20. The van der Waals surface area contributed by atoms with E-state index < -0.39 is 5.97 Å². The van der Waals surface area contributed by atoms with Gasteiger partial charge in [0.25, 0.3) is 0 Å². The zero-order valence-corrected chi connectivity index (χ0v) is 9.82. The van der Waals surface area contributed by atoms with Crippen LogP contribution < -0.4 is 10.1 Å². The van der Waals surface area contributed by atoms with Gasteiger partial charge in [-0.25, -0.2) is 4.79 Å². The third-order valence-electron chi connectivity index (χ3n) is 2.10. The maximum Gasteiger partial charge on any atom is 0.339 e. The number of carboxylic acid groups (broad SMARTS) is 1. The molecule has 5 heteroatoms. The molecule has 1 aromatic carbocycles. The van der Waals surface area contributed by atoms with Gasteiger partial charge in [0.2, 0.25) is 5.91 Å². The largest absolute Gasteiger partial charge is 0.491 e. The number of benzene rings is 1. The van der Waals surface area contributed by atoms with E-state index in [1.54, 1.807) is 12.1 Å². The van der Waals surface area contributed by atoms with Crippen LogP contribution in [0.25, 0.3) is 0 Å². The number of carbonyl (C=O) groups is 2. The molecule has 0 saturated heterocycles. The van der Waals surface area contributed by atoms with Crippen LogP contribution in [0.2, 0.25) is 0 Å². The summed E-state index contributed by atoms with van der Waals surface area (Å²) in [7, 11) is 0. The molecule has 2 N–H and O–H groups in total. The van der Waals surface area contributed by atoms with E-state index in [0.717, 1.165) is 5.56 Å². The Morgan fingerprint density at radius 1 is 1.41 bits per heavy atom. The van der Waals surface area contributed by atoms with Crippen molar-refractivity contribution in [2.75, 3.05) is 13.2 Å². The number of ether oxygens (including phenoxy) is 1. The zero-order chi connectivity index (χ0) is 12.8. The number of carbonyl (C=O) groups excluding carboxylic acids is 1. The summed E-state index contributed by atoms with van der Waals surface area (Å²) in [5.74, 6) is -0.848. The van der Waals surface area contributed by atoms with Crippen molar-refractivity contribution in [3.05, 3.63) is 29.3 Å². The molecule has 0 unspecified atom stereocenters. The summed E-state index contributed by atoms with van der Waals surface area (Å²) in [6, 6.07) is 4.88. The lowest BCUT2D eigenvalue weighted by Gasteiger charge is -2.10. The van der Waals surface area contributed by atoms with Gasteiger partial charge in [0, 0.05) is 6.92 Å². The van der Waals surface area contributed by atoms with Crippen molar-refractivity contribution in [1.29, 1.82) is 0 Å². The van der Waals surface area contributed by atoms with E-state index in [9.17, 15) is 9.59 Å². The molecule has 1 amide bonds. The van der Waals surface area contributed by atoms with Crippen molar-refractivity contribution in [1.82, 2.24) is 5.32 Å². The summed E-state index contributed by atoms with van der Waals surface area (Å²) in [6.07, 6.45) is 0. The normalized spacial score (nSPS) is 9.76. The summed E-state index contributed by atoms with van der Waals surface area (Å²) >= 11 is 0. The van der Waals surface area contributed by atoms with Crippen molar-refractivity contribution in [3.63, 3.8) is 0 Å². The first-order valence-electron chi connectivity index (χ1n) is 5.22. The second-order valence-corrected chi connectivity index (χ2v) is 3.64. The molecule has 92 valence electrons. The number of amides is 1. The van der Waals surface area contributed by atoms with Crippen molar-refractivity contribution in [2.45, 2.75) is 13.8 Å². The summed E-state index contributed by atoms with van der Waals surface area (Å²) in [4.78, 5) is 21.5. The topological polar surface area (TPSA) is 75.6 Å². The number of hydrogen-bond donors (Lipinski definition) is 2. The van der Waals surface area contributed by atoms with Crippen molar-refractivity contribution in [2.24, 2.45) is 0 Å². The summed E-state index contributed by atoms with van der Waals surface area (Å²) in [5, 5.41) is 11.5. The Morgan fingerprint density at radius 3 is 2.71 bits per heavy atom. The Hall–Kier alpha value is -2.04. The van der Waals surface area contributed by atoms with E-state index in [0.29, 0.717) is 12.3 Å². The molecule has 1 rings (SSSR count). The average molecular weight is 237 g/mol. The first kappa shape index (κ1) is 13.0. The number of aromatic carboxylic acids is 1. The van der Waals surface area contributed by atoms with E-state index in [1.807, 2.05) is 6.92 Å². The Morgan fingerprint density at radius 2 is 2.12 bits per heavy atom. The van der Waals surface area contributed by atoms with Crippen molar-refractivity contribution in [3.8, 4) is 5.75 Å². The lowest BCUT2D eigenvalue weighted by molar-refractivity contribution is -0.119. The van der Waals surface area contributed by atoms with Gasteiger partial charge < -0.3 is 15.2 Å². The molecule has 0 heterocycles. The SMILES string of the molecule is CC(=O)NCCOc1cc(C)ccc1C(=O)O. The number of hydrogen-bond acceptors (Lipinski definition) is 3. The Bertz CT molecular complexity index is 429. The quantitative estimate of drug-likeness (QED) is 0.755. The number of aryl methyl sites for hydroxylation is 1. The molecule has 0 atom stereocenters. The molecule has 5 nitrogen and oxygen atoms in total. The van der Waals surface area contributed by atoms with E-state index in [4.69, 9.17) is 9.84 Å². The maximum absolute atomic E-state index is 10.9. The van der Waals surface area contributed by atoms with Gasteiger partial charge in [-0.1, -0.05) is 6.07 Å². The van der Waals surface area contributed by atoms with Crippen LogP contribution in [-0.4, -0.2) is 30.1 Å². The molecule has 0 fully saturated rings. The molecule has 0 spiro atoms. The summed E-state index contributed by atoms with van der Waals surface area (Å²) < 4.78 is 5.33. The summed E-state index contributed by atoms with van der Waals surface area (Å²) in [6.45, 7) is 3.85. The van der Waals surface area contributed by atoms with Gasteiger partial charge in [-0.15, -0.1) is 0 Å². The van der Waals surface area contributed by atoms with Crippen LogP contribution in [-0.2, 0) is 4.79 Å². The van der Waals surface area contributed by atoms with Crippen LogP contribution >= 0.6 is 0 Å². The monoisotopic (exact) mass is 237 g/mol. The maximum atomic E-state index is 10.9. The molecule has 0 aliphatic carbocycles. The first-order valence-corrected chi connectivity index (χ1v) is 5.22. The predicted octanol–water partition coefficient (Wildman–Crippen LogP) is 1.21. The standard InChI is InChI=1S/C12H15NO4/c1-8-3-4-10(12(15)16)11(7-8)17-6-5-13-9(2)14/h3-4,7H,5-6H2,1-2H3,(H,13,14)(H,15,16).